The molecule has 5 rings (SSSR count). The second-order valence-corrected chi connectivity index (χ2v) is 9.34. The zero-order valence-electron chi connectivity index (χ0n) is 17.3. The Labute approximate surface area is 191 Å². The molecule has 0 unspecified atom stereocenters. The Bertz CT molecular complexity index is 1020. The number of hydrogen-bond donors (Lipinski definition) is 2. The van der Waals surface area contributed by atoms with Gasteiger partial charge in [0.1, 0.15) is 5.82 Å². The summed E-state index contributed by atoms with van der Waals surface area (Å²) in [5.74, 6) is 1.57. The average molecular weight is 461 g/mol. The molecule has 7 nitrogen and oxygen atoms in total. The molecule has 9 heteroatoms. The van der Waals surface area contributed by atoms with Gasteiger partial charge in [0.2, 0.25) is 5.91 Å². The maximum Gasteiger partial charge on any atom is 0.224 e. The first-order chi connectivity index (χ1) is 15.1. The van der Waals surface area contributed by atoms with Crippen molar-refractivity contribution in [1.82, 2.24) is 30.0 Å². The number of likely N-dealkylation sites (tertiary alicyclic amines) is 2. The Balaban J connectivity index is 1.19. The van der Waals surface area contributed by atoms with Crippen LogP contribution >= 0.6 is 23.2 Å². The molecule has 4 heterocycles. The van der Waals surface area contributed by atoms with Crippen molar-refractivity contribution in [2.75, 3.05) is 26.2 Å². The maximum absolute atomic E-state index is 13.0. The maximum atomic E-state index is 13.0. The third kappa shape index (κ3) is 4.31. The number of halogens is 2. The number of amides is 1. The van der Waals surface area contributed by atoms with E-state index < -0.39 is 0 Å². The van der Waals surface area contributed by atoms with E-state index in [1.807, 2.05) is 11.1 Å². The number of carbonyl (C=O) groups excluding carboxylic acids is 1. The topological polar surface area (TPSA) is 80.9 Å². The lowest BCUT2D eigenvalue weighted by Crippen LogP contribution is -2.37. The third-order valence-electron chi connectivity index (χ3n) is 6.62. The molecule has 0 bridgehead atoms. The van der Waals surface area contributed by atoms with Crippen LogP contribution in [0.5, 0.6) is 0 Å². The minimum atomic E-state index is -0.0106. The number of H-pyrrole nitrogens is 2. The number of imidazole rings is 1. The lowest BCUT2D eigenvalue weighted by molar-refractivity contribution is -0.132. The second kappa shape index (κ2) is 8.81. The summed E-state index contributed by atoms with van der Waals surface area (Å²) >= 11 is 12.3. The highest BCUT2D eigenvalue weighted by molar-refractivity contribution is 6.42. The standard InChI is InChI=1S/C22H26Cl2N6O/c23-15-12-18-19(13-16(15)24)27-22(26-18)20-2-1-8-30(20)21(31)6-11-29-9-4-14(5-10-29)17-3-7-25-28-17/h3,7,12-14,20H,1-2,4-6,8-11H2,(H,25,28)(H,26,27)/t20-/m0/s1. The van der Waals surface area contributed by atoms with Crippen LogP contribution in [0, 0.1) is 0 Å². The van der Waals surface area contributed by atoms with E-state index in [1.54, 1.807) is 12.1 Å². The highest BCUT2D eigenvalue weighted by Crippen LogP contribution is 2.34. The minimum absolute atomic E-state index is 0.0106. The van der Waals surface area contributed by atoms with E-state index >= 15 is 0 Å². The smallest absolute Gasteiger partial charge is 0.224 e. The van der Waals surface area contributed by atoms with E-state index in [9.17, 15) is 4.79 Å². The van der Waals surface area contributed by atoms with E-state index in [4.69, 9.17) is 28.2 Å². The number of aromatic amines is 2. The van der Waals surface area contributed by atoms with E-state index in [-0.39, 0.29) is 11.9 Å². The predicted molar refractivity (Wildman–Crippen MR) is 121 cm³/mol. The van der Waals surface area contributed by atoms with Gasteiger partial charge in [-0.2, -0.15) is 5.10 Å². The van der Waals surface area contributed by atoms with E-state index in [1.165, 1.54) is 5.69 Å². The number of aromatic nitrogens is 4. The third-order valence-corrected chi connectivity index (χ3v) is 7.34. The number of fused-ring (bicyclic) bond motifs is 1. The Morgan fingerprint density at radius 2 is 1.94 bits per heavy atom. The summed E-state index contributed by atoms with van der Waals surface area (Å²) in [5.41, 5.74) is 2.86. The van der Waals surface area contributed by atoms with Crippen molar-refractivity contribution in [3.63, 3.8) is 0 Å². The SMILES string of the molecule is O=C(CCN1CCC(c2ccn[nH]2)CC1)N1CCC[C@H]1c1nc2cc(Cl)c(Cl)cc2[nH]1. The Hall–Kier alpha value is -2.09. The number of hydrogen-bond acceptors (Lipinski definition) is 4. The highest BCUT2D eigenvalue weighted by atomic mass is 35.5. The van der Waals surface area contributed by atoms with Crippen molar-refractivity contribution in [3.8, 4) is 0 Å². The summed E-state index contributed by atoms with van der Waals surface area (Å²) in [4.78, 5) is 25.5. The first kappa shape index (κ1) is 20.8. The van der Waals surface area contributed by atoms with Crippen LogP contribution in [0.3, 0.4) is 0 Å². The van der Waals surface area contributed by atoms with Crippen molar-refractivity contribution in [2.24, 2.45) is 0 Å². The van der Waals surface area contributed by atoms with E-state index in [2.05, 4.69) is 26.1 Å². The molecule has 31 heavy (non-hydrogen) atoms. The lowest BCUT2D eigenvalue weighted by atomic mass is 9.93. The van der Waals surface area contributed by atoms with Crippen LogP contribution in [0.2, 0.25) is 10.0 Å². The minimum Gasteiger partial charge on any atom is -0.340 e. The fourth-order valence-electron chi connectivity index (χ4n) is 4.89. The monoisotopic (exact) mass is 460 g/mol. The molecule has 2 aliphatic heterocycles. The molecule has 0 spiro atoms. The van der Waals surface area contributed by atoms with Gasteiger partial charge in [-0.15, -0.1) is 0 Å². The van der Waals surface area contributed by atoms with Gasteiger partial charge in [0, 0.05) is 37.3 Å². The Morgan fingerprint density at radius 3 is 2.71 bits per heavy atom. The van der Waals surface area contributed by atoms with Gasteiger partial charge in [0.25, 0.3) is 0 Å². The summed E-state index contributed by atoms with van der Waals surface area (Å²) in [6, 6.07) is 5.62. The molecule has 2 aliphatic rings. The van der Waals surface area contributed by atoms with Gasteiger partial charge in [0.15, 0.2) is 0 Å². The van der Waals surface area contributed by atoms with Crippen LogP contribution in [-0.4, -0.2) is 62.1 Å². The molecule has 2 aromatic heterocycles. The fraction of sp³-hybridized carbons (Fsp3) is 0.500. The zero-order valence-corrected chi connectivity index (χ0v) is 18.8. The van der Waals surface area contributed by atoms with Gasteiger partial charge in [-0.25, -0.2) is 4.98 Å². The molecular formula is C22H26Cl2N6O. The summed E-state index contributed by atoms with van der Waals surface area (Å²) in [6.07, 6.45) is 6.48. The Morgan fingerprint density at radius 1 is 1.13 bits per heavy atom. The van der Waals surface area contributed by atoms with Gasteiger partial charge in [0.05, 0.1) is 27.1 Å². The summed E-state index contributed by atoms with van der Waals surface area (Å²) in [6.45, 7) is 3.63. The van der Waals surface area contributed by atoms with Crippen LogP contribution in [0.4, 0.5) is 0 Å². The molecule has 0 aliphatic carbocycles. The molecule has 164 valence electrons. The molecule has 2 fully saturated rings. The van der Waals surface area contributed by atoms with E-state index in [0.29, 0.717) is 22.4 Å². The van der Waals surface area contributed by atoms with Crippen molar-refractivity contribution in [1.29, 1.82) is 0 Å². The molecule has 2 N–H and O–H groups in total. The number of carbonyl (C=O) groups is 1. The van der Waals surface area contributed by atoms with Crippen LogP contribution in [0.1, 0.15) is 55.6 Å². The molecule has 3 aromatic rings. The van der Waals surface area contributed by atoms with Gasteiger partial charge in [-0.1, -0.05) is 23.2 Å². The Kier molecular flexibility index (Phi) is 5.91. The van der Waals surface area contributed by atoms with Gasteiger partial charge in [-0.3, -0.25) is 9.89 Å². The first-order valence-electron chi connectivity index (χ1n) is 10.9. The number of benzene rings is 1. The number of rotatable bonds is 5. The van der Waals surface area contributed by atoms with Crippen LogP contribution < -0.4 is 0 Å². The number of nitrogens with one attached hydrogen (secondary N) is 2. The summed E-state index contributed by atoms with van der Waals surface area (Å²) in [5, 5.41) is 8.15. The fourth-order valence-corrected chi connectivity index (χ4v) is 5.21. The van der Waals surface area contributed by atoms with Crippen LogP contribution in [0.25, 0.3) is 11.0 Å². The van der Waals surface area contributed by atoms with Gasteiger partial charge in [-0.05, 0) is 57.0 Å². The molecule has 1 atom stereocenters. The van der Waals surface area contributed by atoms with Gasteiger partial charge < -0.3 is 14.8 Å². The zero-order chi connectivity index (χ0) is 21.4. The predicted octanol–water partition coefficient (Wildman–Crippen LogP) is 4.53. The highest BCUT2D eigenvalue weighted by Gasteiger charge is 2.32. The van der Waals surface area contributed by atoms with Crippen molar-refractivity contribution in [2.45, 2.75) is 44.1 Å². The molecule has 0 radical (unpaired) electrons. The molecule has 2 saturated heterocycles. The summed E-state index contributed by atoms with van der Waals surface area (Å²) < 4.78 is 0. The normalized spacial score (nSPS) is 20.7. The summed E-state index contributed by atoms with van der Waals surface area (Å²) in [7, 11) is 0. The average Bonchev–Trinajstić information content (AvgIpc) is 3.53. The largest absolute Gasteiger partial charge is 0.340 e. The second-order valence-electron chi connectivity index (χ2n) is 8.53. The molecular weight excluding hydrogens is 435 g/mol. The molecule has 0 saturated carbocycles. The number of piperidine rings is 1. The van der Waals surface area contributed by atoms with Crippen molar-refractivity contribution < 1.29 is 4.79 Å². The van der Waals surface area contributed by atoms with Crippen LogP contribution in [0.15, 0.2) is 24.4 Å². The van der Waals surface area contributed by atoms with E-state index in [0.717, 1.165) is 68.7 Å². The van der Waals surface area contributed by atoms with Crippen molar-refractivity contribution >= 4 is 40.1 Å². The molecule has 1 aromatic carbocycles. The number of nitrogens with zero attached hydrogens (tertiary/aromatic N) is 4. The van der Waals surface area contributed by atoms with Crippen molar-refractivity contribution in [3.05, 3.63) is 46.0 Å². The first-order valence-corrected chi connectivity index (χ1v) is 11.7. The molecule has 1 amide bonds. The van der Waals surface area contributed by atoms with Gasteiger partial charge >= 0.3 is 0 Å². The van der Waals surface area contributed by atoms with Crippen LogP contribution in [-0.2, 0) is 4.79 Å². The lowest BCUT2D eigenvalue weighted by Gasteiger charge is -2.32. The quantitative estimate of drug-likeness (QED) is 0.585.